The summed E-state index contributed by atoms with van der Waals surface area (Å²) in [5.74, 6) is -0.0587. The lowest BCUT2D eigenvalue weighted by Crippen LogP contribution is -2.05. The molecule has 0 spiro atoms. The van der Waals surface area contributed by atoms with Crippen LogP contribution in [-0.4, -0.2) is 12.2 Å². The molecule has 19 heavy (non-hydrogen) atoms. The minimum absolute atomic E-state index is 0.315. The normalized spacial score (nSPS) is 12.2. The van der Waals surface area contributed by atoms with Crippen molar-refractivity contribution in [1.82, 2.24) is 0 Å². The number of aliphatic hydroxyl groups is 1. The molecule has 0 aliphatic rings. The van der Waals surface area contributed by atoms with Crippen LogP contribution in [0.15, 0.2) is 46.9 Å². The Kier molecular flexibility index (Phi) is 4.56. The van der Waals surface area contributed by atoms with Crippen LogP contribution in [0.4, 0.5) is 4.39 Å². The maximum Gasteiger partial charge on any atom is 0.141 e. The molecule has 0 amide bonds. The molecule has 0 fully saturated rings. The SMILES string of the molecule is COc1cc(F)c(Br)cc1C(O)Cc1ccccc1. The molecule has 1 unspecified atom stereocenters. The highest BCUT2D eigenvalue weighted by atomic mass is 79.9. The first-order valence-electron chi connectivity index (χ1n) is 5.86. The highest BCUT2D eigenvalue weighted by Gasteiger charge is 2.16. The third kappa shape index (κ3) is 3.33. The molecule has 0 saturated heterocycles. The zero-order chi connectivity index (χ0) is 13.8. The summed E-state index contributed by atoms with van der Waals surface area (Å²) in [7, 11) is 1.46. The van der Waals surface area contributed by atoms with E-state index in [1.54, 1.807) is 6.07 Å². The zero-order valence-electron chi connectivity index (χ0n) is 10.4. The molecule has 100 valence electrons. The van der Waals surface area contributed by atoms with Gasteiger partial charge in [-0.15, -0.1) is 0 Å². The summed E-state index contributed by atoms with van der Waals surface area (Å²) < 4.78 is 18.9. The third-order valence-electron chi connectivity index (χ3n) is 2.90. The van der Waals surface area contributed by atoms with Crippen molar-refractivity contribution in [2.24, 2.45) is 0 Å². The van der Waals surface area contributed by atoms with Gasteiger partial charge in [-0.1, -0.05) is 30.3 Å². The molecule has 2 nitrogen and oxygen atoms in total. The summed E-state index contributed by atoms with van der Waals surface area (Å²) in [6.45, 7) is 0. The Morgan fingerprint density at radius 2 is 1.95 bits per heavy atom. The Morgan fingerprint density at radius 3 is 2.58 bits per heavy atom. The number of methoxy groups -OCH3 is 1. The van der Waals surface area contributed by atoms with Gasteiger partial charge in [-0.2, -0.15) is 0 Å². The number of hydrogen-bond acceptors (Lipinski definition) is 2. The van der Waals surface area contributed by atoms with E-state index in [0.29, 0.717) is 22.2 Å². The third-order valence-corrected chi connectivity index (χ3v) is 3.51. The smallest absolute Gasteiger partial charge is 0.141 e. The van der Waals surface area contributed by atoms with Crippen LogP contribution < -0.4 is 4.74 Å². The molecule has 0 saturated carbocycles. The van der Waals surface area contributed by atoms with Gasteiger partial charge in [0.1, 0.15) is 11.6 Å². The fourth-order valence-electron chi connectivity index (χ4n) is 1.93. The second-order valence-corrected chi connectivity index (χ2v) is 5.07. The molecule has 0 radical (unpaired) electrons. The lowest BCUT2D eigenvalue weighted by Gasteiger charge is -2.15. The van der Waals surface area contributed by atoms with Crippen molar-refractivity contribution in [2.75, 3.05) is 7.11 Å². The number of rotatable bonds is 4. The van der Waals surface area contributed by atoms with Crippen molar-refractivity contribution in [1.29, 1.82) is 0 Å². The minimum Gasteiger partial charge on any atom is -0.496 e. The summed E-state index contributed by atoms with van der Waals surface area (Å²) in [4.78, 5) is 0. The maximum absolute atomic E-state index is 13.4. The molecule has 0 aliphatic heterocycles. The van der Waals surface area contributed by atoms with Crippen LogP contribution in [0.25, 0.3) is 0 Å². The van der Waals surface area contributed by atoms with E-state index in [-0.39, 0.29) is 0 Å². The van der Waals surface area contributed by atoms with E-state index < -0.39 is 11.9 Å². The topological polar surface area (TPSA) is 29.5 Å². The standard InChI is InChI=1S/C15H14BrFO2/c1-19-15-9-13(17)12(16)8-11(15)14(18)7-10-5-3-2-4-6-10/h2-6,8-9,14,18H,7H2,1H3. The summed E-state index contributed by atoms with van der Waals surface area (Å²) in [5, 5.41) is 10.3. The first-order valence-corrected chi connectivity index (χ1v) is 6.66. The molecular weight excluding hydrogens is 311 g/mol. The van der Waals surface area contributed by atoms with Gasteiger partial charge >= 0.3 is 0 Å². The van der Waals surface area contributed by atoms with Gasteiger partial charge in [0.2, 0.25) is 0 Å². The summed E-state index contributed by atoms with van der Waals surface area (Å²) >= 11 is 3.12. The van der Waals surface area contributed by atoms with Crippen LogP contribution in [0.2, 0.25) is 0 Å². The molecule has 4 heteroatoms. The zero-order valence-corrected chi connectivity index (χ0v) is 12.0. The van der Waals surface area contributed by atoms with Crippen LogP contribution in [0.3, 0.4) is 0 Å². The van der Waals surface area contributed by atoms with E-state index in [1.165, 1.54) is 13.2 Å². The number of ether oxygens (including phenoxy) is 1. The van der Waals surface area contributed by atoms with Crippen molar-refractivity contribution in [3.8, 4) is 5.75 Å². The molecule has 2 rings (SSSR count). The summed E-state index contributed by atoms with van der Waals surface area (Å²) in [6, 6.07) is 12.5. The van der Waals surface area contributed by atoms with Crippen LogP contribution in [0.1, 0.15) is 17.2 Å². The maximum atomic E-state index is 13.4. The van der Waals surface area contributed by atoms with Crippen molar-refractivity contribution in [2.45, 2.75) is 12.5 Å². The van der Waals surface area contributed by atoms with Gasteiger partial charge in [-0.3, -0.25) is 0 Å². The predicted octanol–water partition coefficient (Wildman–Crippen LogP) is 3.87. The Hall–Kier alpha value is -1.39. The quantitative estimate of drug-likeness (QED) is 0.925. The fourth-order valence-corrected chi connectivity index (χ4v) is 2.29. The van der Waals surface area contributed by atoms with Crippen molar-refractivity contribution >= 4 is 15.9 Å². The fraction of sp³-hybridized carbons (Fsp3) is 0.200. The van der Waals surface area contributed by atoms with Gasteiger partial charge in [0, 0.05) is 18.1 Å². The molecule has 0 bridgehead atoms. The van der Waals surface area contributed by atoms with Gasteiger partial charge in [0.05, 0.1) is 17.7 Å². The second-order valence-electron chi connectivity index (χ2n) is 4.21. The molecule has 2 aromatic carbocycles. The number of hydrogen-bond donors (Lipinski definition) is 1. The van der Waals surface area contributed by atoms with Crippen molar-refractivity contribution < 1.29 is 14.2 Å². The van der Waals surface area contributed by atoms with E-state index in [2.05, 4.69) is 15.9 Å². The first kappa shape index (κ1) is 14.0. The number of benzene rings is 2. The van der Waals surface area contributed by atoms with Crippen LogP contribution >= 0.6 is 15.9 Å². The van der Waals surface area contributed by atoms with Crippen molar-refractivity contribution in [3.63, 3.8) is 0 Å². The van der Waals surface area contributed by atoms with Gasteiger partial charge in [-0.05, 0) is 27.6 Å². The lowest BCUT2D eigenvalue weighted by molar-refractivity contribution is 0.173. The molecule has 0 aromatic heterocycles. The average Bonchev–Trinajstić information content (AvgIpc) is 2.42. The van der Waals surface area contributed by atoms with Crippen LogP contribution in [-0.2, 0) is 6.42 Å². The van der Waals surface area contributed by atoms with Gasteiger partial charge < -0.3 is 9.84 Å². The number of aliphatic hydroxyl groups excluding tert-OH is 1. The molecule has 0 heterocycles. The highest BCUT2D eigenvalue weighted by molar-refractivity contribution is 9.10. The monoisotopic (exact) mass is 324 g/mol. The summed E-state index contributed by atoms with van der Waals surface area (Å²) in [6.07, 6.45) is -0.288. The van der Waals surface area contributed by atoms with Crippen LogP contribution in [0, 0.1) is 5.82 Å². The van der Waals surface area contributed by atoms with Crippen LogP contribution in [0.5, 0.6) is 5.75 Å². The van der Waals surface area contributed by atoms with E-state index in [1.807, 2.05) is 30.3 Å². The average molecular weight is 325 g/mol. The molecular formula is C15H14BrFO2. The van der Waals surface area contributed by atoms with E-state index in [4.69, 9.17) is 4.74 Å². The highest BCUT2D eigenvalue weighted by Crippen LogP contribution is 2.32. The second kappa shape index (κ2) is 6.17. The Morgan fingerprint density at radius 1 is 1.26 bits per heavy atom. The van der Waals surface area contributed by atoms with E-state index >= 15 is 0 Å². The molecule has 0 aliphatic carbocycles. The van der Waals surface area contributed by atoms with Gasteiger partial charge in [-0.25, -0.2) is 4.39 Å². The lowest BCUT2D eigenvalue weighted by atomic mass is 10.0. The van der Waals surface area contributed by atoms with E-state index in [0.717, 1.165) is 5.56 Å². The van der Waals surface area contributed by atoms with Crippen molar-refractivity contribution in [3.05, 3.63) is 63.9 Å². The Balaban J connectivity index is 2.28. The molecule has 1 atom stereocenters. The summed E-state index contributed by atoms with van der Waals surface area (Å²) in [5.41, 5.74) is 1.58. The minimum atomic E-state index is -0.741. The first-order chi connectivity index (χ1) is 9.11. The largest absolute Gasteiger partial charge is 0.496 e. The predicted molar refractivity (Wildman–Crippen MR) is 75.8 cm³/mol. The molecule has 2 aromatic rings. The number of halogens is 2. The van der Waals surface area contributed by atoms with Gasteiger partial charge in [0.25, 0.3) is 0 Å². The Labute approximate surface area is 120 Å². The van der Waals surface area contributed by atoms with Gasteiger partial charge in [0.15, 0.2) is 0 Å². The van der Waals surface area contributed by atoms with E-state index in [9.17, 15) is 9.50 Å². The Bertz CT molecular complexity index is 558. The molecule has 1 N–H and O–H groups in total.